The minimum absolute atomic E-state index is 0.0721. The molecule has 0 spiro atoms. The molecule has 2 aromatic carbocycles. The fourth-order valence-corrected chi connectivity index (χ4v) is 7.91. The molecule has 1 saturated carbocycles. The number of primary amides is 1. The van der Waals surface area contributed by atoms with E-state index in [9.17, 15) is 14.7 Å². The average Bonchev–Trinajstić information content (AvgIpc) is 3.56. The van der Waals surface area contributed by atoms with Crippen LogP contribution in [0.2, 0.25) is 0 Å². The molecule has 43 heavy (non-hydrogen) atoms. The Morgan fingerprint density at radius 1 is 0.930 bits per heavy atom. The van der Waals surface area contributed by atoms with E-state index >= 15 is 0 Å². The van der Waals surface area contributed by atoms with Crippen molar-refractivity contribution >= 4 is 12.0 Å². The summed E-state index contributed by atoms with van der Waals surface area (Å²) in [5.74, 6) is 2.15. The molecule has 3 N–H and O–H groups in total. The van der Waals surface area contributed by atoms with Gasteiger partial charge in [0.15, 0.2) is 0 Å². The summed E-state index contributed by atoms with van der Waals surface area (Å²) in [6.07, 6.45) is 3.37. The lowest BCUT2D eigenvalue weighted by molar-refractivity contribution is 0.0798. The van der Waals surface area contributed by atoms with E-state index in [4.69, 9.17) is 15.5 Å². The van der Waals surface area contributed by atoms with Crippen LogP contribution in [-0.4, -0.2) is 63.6 Å². The lowest BCUT2D eigenvalue weighted by Crippen LogP contribution is -2.47. The molecule has 1 aliphatic carbocycles. The zero-order chi connectivity index (χ0) is 30.3. The number of carbonyl (C=O) groups is 2. The van der Waals surface area contributed by atoms with Gasteiger partial charge in [0.25, 0.3) is 5.91 Å². The third-order valence-corrected chi connectivity index (χ3v) is 9.78. The van der Waals surface area contributed by atoms with Crippen molar-refractivity contribution in [2.24, 2.45) is 23.0 Å². The number of aromatic nitrogens is 1. The van der Waals surface area contributed by atoms with E-state index in [1.54, 1.807) is 4.90 Å². The highest BCUT2D eigenvalue weighted by Gasteiger charge is 2.53. The van der Waals surface area contributed by atoms with Crippen LogP contribution in [0.3, 0.4) is 0 Å². The van der Waals surface area contributed by atoms with Crippen molar-refractivity contribution in [3.05, 3.63) is 78.0 Å². The second-order valence-corrected chi connectivity index (χ2v) is 13.5. The molecule has 6 rings (SSSR count). The lowest BCUT2D eigenvalue weighted by Gasteiger charge is -2.39. The largest absolute Gasteiger partial charge is 0.465 e. The van der Waals surface area contributed by atoms with Crippen molar-refractivity contribution in [2.75, 3.05) is 19.6 Å². The van der Waals surface area contributed by atoms with Crippen LogP contribution in [0.15, 0.2) is 66.7 Å². The van der Waals surface area contributed by atoms with E-state index in [-0.39, 0.29) is 11.5 Å². The van der Waals surface area contributed by atoms with Gasteiger partial charge < -0.3 is 25.4 Å². The molecule has 8 heteroatoms. The lowest BCUT2D eigenvalue weighted by atomic mass is 9.77. The van der Waals surface area contributed by atoms with Gasteiger partial charge in [0, 0.05) is 35.8 Å². The van der Waals surface area contributed by atoms with Gasteiger partial charge in [0.2, 0.25) is 0 Å². The molecular weight excluding hydrogens is 540 g/mol. The molecule has 4 atom stereocenters. The van der Waals surface area contributed by atoms with Crippen molar-refractivity contribution in [2.45, 2.75) is 64.5 Å². The van der Waals surface area contributed by atoms with Crippen LogP contribution in [0, 0.1) is 17.3 Å². The number of para-hydroxylation sites is 1. The Labute approximate surface area is 253 Å². The maximum atomic E-state index is 12.3. The third kappa shape index (κ3) is 5.98. The fourth-order valence-electron chi connectivity index (χ4n) is 7.91. The number of piperidine rings is 1. The number of carboxylic acid groups (broad SMARTS) is 1. The summed E-state index contributed by atoms with van der Waals surface area (Å²) in [5, 5.41) is 9.84. The average molecular weight is 583 g/mol. The number of nitrogens with two attached hydrogens (primary N) is 1. The van der Waals surface area contributed by atoms with E-state index in [2.05, 4.69) is 25.7 Å². The minimum Gasteiger partial charge on any atom is -0.465 e. The zero-order valence-corrected chi connectivity index (χ0v) is 25.3. The molecule has 2 saturated heterocycles. The van der Waals surface area contributed by atoms with Gasteiger partial charge in [0.1, 0.15) is 11.5 Å². The Balaban J connectivity index is 1.13. The Bertz CT molecular complexity index is 1460. The highest BCUT2D eigenvalue weighted by Crippen LogP contribution is 2.49. The number of nitrogens with zero attached hydrogens (tertiary/aromatic N) is 3. The Morgan fingerprint density at radius 2 is 1.60 bits per heavy atom. The highest BCUT2D eigenvalue weighted by atomic mass is 16.5. The zero-order valence-electron chi connectivity index (χ0n) is 25.3. The Morgan fingerprint density at radius 3 is 2.23 bits per heavy atom. The summed E-state index contributed by atoms with van der Waals surface area (Å²) in [7, 11) is 0. The standard InChI is InChI=1S/C35H42N4O4/c1-35(2,3)32-29-20-25(19-24(29)21-39(32)34(41)42)38-17-15-22(16-18-38)30-14-13-28(33(36)40)31(37-30)23-9-11-27(12-10-23)43-26-7-5-4-6-8-26/h4-14,22,24-25,29,32H,15-21H2,1-3H3,(H2,36,40)(H,41,42)/t24-,25?,29-,32?/m1/s1. The maximum Gasteiger partial charge on any atom is 0.407 e. The Kier molecular flexibility index (Phi) is 7.90. The van der Waals surface area contributed by atoms with Crippen molar-refractivity contribution in [3.63, 3.8) is 0 Å². The van der Waals surface area contributed by atoms with Crippen LogP contribution >= 0.6 is 0 Å². The van der Waals surface area contributed by atoms with Crippen LogP contribution in [0.25, 0.3) is 11.3 Å². The molecule has 3 aliphatic rings. The van der Waals surface area contributed by atoms with Crippen molar-refractivity contribution in [1.82, 2.24) is 14.8 Å². The normalized spacial score (nSPS) is 24.6. The smallest absolute Gasteiger partial charge is 0.407 e. The topological polar surface area (TPSA) is 109 Å². The van der Waals surface area contributed by atoms with E-state index in [0.717, 1.165) is 55.8 Å². The second kappa shape index (κ2) is 11.6. The summed E-state index contributed by atoms with van der Waals surface area (Å²) < 4.78 is 5.93. The molecule has 3 fully saturated rings. The number of benzene rings is 2. The number of carbonyl (C=O) groups excluding carboxylic acids is 1. The molecule has 3 heterocycles. The van der Waals surface area contributed by atoms with Gasteiger partial charge in [-0.3, -0.25) is 9.78 Å². The van der Waals surface area contributed by atoms with Crippen LogP contribution in [0.5, 0.6) is 11.5 Å². The third-order valence-electron chi connectivity index (χ3n) is 9.78. The molecule has 0 radical (unpaired) electrons. The summed E-state index contributed by atoms with van der Waals surface area (Å²) in [5.41, 5.74) is 8.53. The number of hydrogen-bond acceptors (Lipinski definition) is 5. The van der Waals surface area contributed by atoms with Crippen molar-refractivity contribution in [1.29, 1.82) is 0 Å². The SMILES string of the molecule is CC(C)(C)C1[C@@H]2CC(N3CCC(c4ccc(C(N)=O)c(-c5ccc(Oc6ccccc6)cc5)n4)CC3)C[C@@H]2CN1C(=O)O. The quantitative estimate of drug-likeness (QED) is 0.338. The van der Waals surface area contributed by atoms with E-state index < -0.39 is 12.0 Å². The monoisotopic (exact) mass is 582 g/mol. The first-order chi connectivity index (χ1) is 20.6. The molecular formula is C35H42N4O4. The molecule has 2 amide bonds. The molecule has 226 valence electrons. The fraction of sp³-hybridized carbons (Fsp3) is 0.457. The second-order valence-electron chi connectivity index (χ2n) is 13.5. The first-order valence-corrected chi connectivity index (χ1v) is 15.5. The predicted octanol–water partition coefficient (Wildman–Crippen LogP) is 6.62. The number of pyridine rings is 1. The summed E-state index contributed by atoms with van der Waals surface area (Å²) >= 11 is 0. The molecule has 1 aromatic heterocycles. The van der Waals surface area contributed by atoms with E-state index in [0.29, 0.717) is 47.3 Å². The van der Waals surface area contributed by atoms with Gasteiger partial charge in [-0.25, -0.2) is 4.79 Å². The summed E-state index contributed by atoms with van der Waals surface area (Å²) in [4.78, 5) is 33.6. The first kappa shape index (κ1) is 29.2. The molecule has 2 aliphatic heterocycles. The minimum atomic E-state index is -0.780. The van der Waals surface area contributed by atoms with Gasteiger partial charge in [0.05, 0.1) is 11.3 Å². The molecule has 8 nitrogen and oxygen atoms in total. The van der Waals surface area contributed by atoms with Crippen molar-refractivity contribution < 1.29 is 19.4 Å². The predicted molar refractivity (Wildman–Crippen MR) is 166 cm³/mol. The molecule has 2 unspecified atom stereocenters. The number of fused-ring (bicyclic) bond motifs is 1. The highest BCUT2D eigenvalue weighted by molar-refractivity contribution is 5.98. The molecule has 0 bridgehead atoms. The van der Waals surface area contributed by atoms with Gasteiger partial charge in [-0.1, -0.05) is 39.0 Å². The Hall–Kier alpha value is -3.91. The van der Waals surface area contributed by atoms with E-state index in [1.807, 2.05) is 66.7 Å². The number of amides is 2. The number of rotatable bonds is 6. The van der Waals surface area contributed by atoms with Crippen molar-refractivity contribution in [3.8, 4) is 22.8 Å². The van der Waals surface area contributed by atoms with E-state index in [1.165, 1.54) is 0 Å². The van der Waals surface area contributed by atoms with Crippen LogP contribution in [0.4, 0.5) is 4.79 Å². The first-order valence-electron chi connectivity index (χ1n) is 15.5. The van der Waals surface area contributed by atoms with Gasteiger partial charge >= 0.3 is 6.09 Å². The van der Waals surface area contributed by atoms with Gasteiger partial charge in [-0.2, -0.15) is 0 Å². The van der Waals surface area contributed by atoms with Crippen LogP contribution in [0.1, 0.15) is 68.4 Å². The number of likely N-dealkylation sites (tertiary alicyclic amines) is 2. The summed E-state index contributed by atoms with van der Waals surface area (Å²) in [6.45, 7) is 9.17. The van der Waals surface area contributed by atoms with Crippen LogP contribution < -0.4 is 10.5 Å². The number of ether oxygens (including phenoxy) is 1. The summed E-state index contributed by atoms with van der Waals surface area (Å²) in [6, 6.07) is 21.6. The van der Waals surface area contributed by atoms with Crippen LogP contribution in [-0.2, 0) is 0 Å². The number of hydrogen-bond donors (Lipinski definition) is 2. The molecule has 3 aromatic rings. The maximum absolute atomic E-state index is 12.3. The van der Waals surface area contributed by atoms with Gasteiger partial charge in [-0.05, 0) is 105 Å². The van der Waals surface area contributed by atoms with Gasteiger partial charge in [-0.15, -0.1) is 0 Å².